The van der Waals surface area contributed by atoms with Crippen LogP contribution in [0.1, 0.15) is 38.5 Å². The van der Waals surface area contributed by atoms with Gasteiger partial charge in [0.05, 0.1) is 12.7 Å². The minimum Gasteiger partial charge on any atom is -0.394 e. The van der Waals surface area contributed by atoms with Crippen LogP contribution in [0.2, 0.25) is 18.6 Å². The van der Waals surface area contributed by atoms with Crippen molar-refractivity contribution < 1.29 is 14.9 Å². The Labute approximate surface area is 148 Å². The van der Waals surface area contributed by atoms with Crippen LogP contribution in [-0.2, 0) is 10.1 Å². The number of ether oxygens (including phenoxy) is 1. The number of aliphatic hydroxyl groups excluding tert-OH is 2. The zero-order valence-corrected chi connectivity index (χ0v) is 15.9. The van der Waals surface area contributed by atoms with Crippen LogP contribution < -0.4 is 11.4 Å². The summed E-state index contributed by atoms with van der Waals surface area (Å²) in [6.07, 6.45) is 5.91. The molecule has 1 saturated heterocycles. The third-order valence-electron chi connectivity index (χ3n) is 6.18. The molecule has 0 spiro atoms. The lowest BCUT2D eigenvalue weighted by atomic mass is 10.0. The molecule has 140 valence electrons. The second kappa shape index (κ2) is 6.79. The molecule has 9 heteroatoms. The van der Waals surface area contributed by atoms with E-state index < -0.39 is 31.3 Å². The van der Waals surface area contributed by atoms with E-state index in [1.54, 1.807) is 0 Å². The van der Waals surface area contributed by atoms with Crippen LogP contribution in [0.3, 0.4) is 0 Å². The first kappa shape index (κ1) is 18.5. The number of aromatic nitrogens is 3. The minimum atomic E-state index is -2.26. The van der Waals surface area contributed by atoms with Gasteiger partial charge in [0.25, 0.3) is 0 Å². The van der Waals surface area contributed by atoms with Crippen molar-refractivity contribution >= 4 is 14.0 Å². The highest BCUT2D eigenvalue weighted by atomic mass is 28.3. The third-order valence-corrected chi connectivity index (χ3v) is 11.4. The number of hydrogen-bond acceptors (Lipinski definition) is 7. The summed E-state index contributed by atoms with van der Waals surface area (Å²) < 4.78 is 7.66. The molecule has 0 bridgehead atoms. The Hall–Kier alpha value is -1.29. The van der Waals surface area contributed by atoms with Crippen LogP contribution in [0.15, 0.2) is 11.1 Å². The Kier molecular flexibility index (Phi) is 5.02. The number of nitrogens with zero attached hydrogens (tertiary/aromatic N) is 3. The number of nitrogen functional groups attached to an aromatic ring is 1. The molecule has 0 unspecified atom stereocenters. The molecule has 3 rings (SSSR count). The molecule has 1 saturated carbocycles. The maximum Gasteiger partial charge on any atom is 0.354 e. The van der Waals surface area contributed by atoms with Gasteiger partial charge < -0.3 is 20.7 Å². The average Bonchev–Trinajstić information content (AvgIpc) is 2.93. The van der Waals surface area contributed by atoms with E-state index in [4.69, 9.17) is 10.5 Å². The molecule has 1 aromatic heterocycles. The van der Waals surface area contributed by atoms with Gasteiger partial charge >= 0.3 is 5.69 Å². The Balaban J connectivity index is 2.11. The van der Waals surface area contributed by atoms with Gasteiger partial charge in [-0.15, -0.1) is 0 Å². The van der Waals surface area contributed by atoms with Gasteiger partial charge in [0.1, 0.15) is 25.9 Å². The summed E-state index contributed by atoms with van der Waals surface area (Å²) >= 11 is 0. The average molecular weight is 369 g/mol. The van der Waals surface area contributed by atoms with Gasteiger partial charge in [-0.3, -0.25) is 4.57 Å². The lowest BCUT2D eigenvalue weighted by Gasteiger charge is -2.48. The van der Waals surface area contributed by atoms with Crippen molar-refractivity contribution in [3.8, 4) is 0 Å². The quantitative estimate of drug-likeness (QED) is 0.665. The zero-order chi connectivity index (χ0) is 18.2. The molecule has 2 heterocycles. The highest BCUT2D eigenvalue weighted by Crippen LogP contribution is 2.50. The minimum absolute atomic E-state index is 0.0780. The first-order chi connectivity index (χ1) is 11.8. The molecule has 1 aliphatic heterocycles. The van der Waals surface area contributed by atoms with Gasteiger partial charge in [-0.25, -0.2) is 9.78 Å². The van der Waals surface area contributed by atoms with E-state index in [0.29, 0.717) is 5.54 Å². The molecular formula is C16H28N4O4Si. The summed E-state index contributed by atoms with van der Waals surface area (Å²) in [5, 5.41) is 19.1. The molecule has 1 aliphatic carbocycles. The number of rotatable bonds is 4. The number of nitrogens with two attached hydrogens (primary N) is 1. The van der Waals surface area contributed by atoms with Crippen LogP contribution in [-0.4, -0.2) is 51.6 Å². The molecule has 1 aromatic rings. The predicted molar refractivity (Wildman–Crippen MR) is 95.6 cm³/mol. The van der Waals surface area contributed by atoms with Gasteiger partial charge in [0.2, 0.25) is 5.95 Å². The first-order valence-corrected chi connectivity index (χ1v) is 12.1. The van der Waals surface area contributed by atoms with Crippen molar-refractivity contribution in [1.82, 2.24) is 14.5 Å². The molecule has 0 aromatic carbocycles. The Morgan fingerprint density at radius 2 is 2.08 bits per heavy atom. The number of aliphatic hydroxyl groups is 2. The monoisotopic (exact) mass is 368 g/mol. The van der Waals surface area contributed by atoms with Gasteiger partial charge in [-0.05, 0) is 5.54 Å². The van der Waals surface area contributed by atoms with E-state index in [2.05, 4.69) is 23.1 Å². The summed E-state index contributed by atoms with van der Waals surface area (Å²) in [7, 11) is -2.26. The molecule has 2 fully saturated rings. The summed E-state index contributed by atoms with van der Waals surface area (Å²) in [6, 6.07) is 0. The fraction of sp³-hybridized carbons (Fsp3) is 0.812. The van der Waals surface area contributed by atoms with Crippen LogP contribution in [0.5, 0.6) is 0 Å². The number of anilines is 1. The third kappa shape index (κ3) is 3.03. The fourth-order valence-electron chi connectivity index (χ4n) is 4.57. The summed E-state index contributed by atoms with van der Waals surface area (Å²) in [4.78, 5) is 20.4. The maximum atomic E-state index is 12.6. The lowest BCUT2D eigenvalue weighted by Crippen LogP contribution is -2.62. The highest BCUT2D eigenvalue weighted by molar-refractivity contribution is 6.80. The van der Waals surface area contributed by atoms with Crippen molar-refractivity contribution in [3.05, 3.63) is 16.8 Å². The summed E-state index contributed by atoms with van der Waals surface area (Å²) in [5.41, 5.74) is 5.50. The van der Waals surface area contributed by atoms with E-state index in [1.165, 1.54) is 30.2 Å². The topological polar surface area (TPSA) is 123 Å². The second-order valence-corrected chi connectivity index (χ2v) is 12.9. The Bertz CT molecular complexity index is 676. The van der Waals surface area contributed by atoms with Crippen molar-refractivity contribution in [2.45, 2.75) is 74.7 Å². The molecule has 4 N–H and O–H groups in total. The molecule has 3 atom stereocenters. The fourth-order valence-corrected chi connectivity index (χ4v) is 9.02. The van der Waals surface area contributed by atoms with Crippen LogP contribution in [0, 0.1) is 0 Å². The smallest absolute Gasteiger partial charge is 0.354 e. The maximum absolute atomic E-state index is 12.6. The SMILES string of the molecule is C[Si](C)(C1CCCCC1)[C@]1(n2cnc(N)nc2=O)C[C@H](O)[C@@H](CO)O1. The van der Waals surface area contributed by atoms with Crippen LogP contribution >= 0.6 is 0 Å². The molecule has 0 radical (unpaired) electrons. The number of hydrogen-bond donors (Lipinski definition) is 3. The Morgan fingerprint density at radius 1 is 1.40 bits per heavy atom. The van der Waals surface area contributed by atoms with Crippen LogP contribution in [0.25, 0.3) is 0 Å². The van der Waals surface area contributed by atoms with E-state index in [9.17, 15) is 15.0 Å². The van der Waals surface area contributed by atoms with Gasteiger partial charge in [-0.1, -0.05) is 45.2 Å². The summed E-state index contributed by atoms with van der Waals surface area (Å²) in [5.74, 6) is -0.0780. The van der Waals surface area contributed by atoms with Crippen molar-refractivity contribution in [2.75, 3.05) is 12.3 Å². The lowest BCUT2D eigenvalue weighted by molar-refractivity contribution is -0.0776. The molecule has 0 amide bonds. The molecule has 2 aliphatic rings. The standard InChI is InChI=1S/C16H28N4O4Si/c1-25(2,11-6-4-3-5-7-11)16(8-12(22)13(9-21)24-16)20-10-18-14(17)19-15(20)23/h10-13,21-22H,3-9H2,1-2H3,(H2,17,19,23)/t12-,13+,16-/m0/s1. The summed E-state index contributed by atoms with van der Waals surface area (Å²) in [6.45, 7) is 4.12. The van der Waals surface area contributed by atoms with Gasteiger partial charge in [-0.2, -0.15) is 4.98 Å². The van der Waals surface area contributed by atoms with E-state index in [1.807, 2.05) is 0 Å². The zero-order valence-electron chi connectivity index (χ0n) is 14.9. The second-order valence-electron chi connectivity index (χ2n) is 7.82. The first-order valence-electron chi connectivity index (χ1n) is 9.00. The van der Waals surface area contributed by atoms with Crippen LogP contribution in [0.4, 0.5) is 5.95 Å². The van der Waals surface area contributed by atoms with Gasteiger partial charge in [0, 0.05) is 6.42 Å². The normalized spacial score (nSPS) is 31.4. The van der Waals surface area contributed by atoms with Gasteiger partial charge in [0.15, 0.2) is 0 Å². The van der Waals surface area contributed by atoms with E-state index in [-0.39, 0.29) is 19.0 Å². The van der Waals surface area contributed by atoms with Crippen molar-refractivity contribution in [3.63, 3.8) is 0 Å². The Morgan fingerprint density at radius 3 is 2.64 bits per heavy atom. The van der Waals surface area contributed by atoms with Crippen molar-refractivity contribution in [1.29, 1.82) is 0 Å². The highest BCUT2D eigenvalue weighted by Gasteiger charge is 2.60. The molecule has 25 heavy (non-hydrogen) atoms. The van der Waals surface area contributed by atoms with Crippen molar-refractivity contribution in [2.24, 2.45) is 0 Å². The molecule has 8 nitrogen and oxygen atoms in total. The largest absolute Gasteiger partial charge is 0.394 e. The van der Waals surface area contributed by atoms with E-state index >= 15 is 0 Å². The molecular weight excluding hydrogens is 340 g/mol. The predicted octanol–water partition coefficient (Wildman–Crippen LogP) is 0.597. The van der Waals surface area contributed by atoms with E-state index in [0.717, 1.165) is 12.8 Å².